The van der Waals surface area contributed by atoms with E-state index in [2.05, 4.69) is 5.32 Å². The number of benzene rings is 1. The van der Waals surface area contributed by atoms with E-state index in [0.29, 0.717) is 12.8 Å². The second-order valence-electron chi connectivity index (χ2n) is 6.17. The first-order valence-corrected chi connectivity index (χ1v) is 8.24. The first kappa shape index (κ1) is 17.3. The summed E-state index contributed by atoms with van der Waals surface area (Å²) in [5.74, 6) is -1.17. The van der Waals surface area contributed by atoms with Crippen molar-refractivity contribution >= 4 is 17.6 Å². The molecular weight excluding hydrogens is 290 g/mol. The fourth-order valence-corrected chi connectivity index (χ4v) is 2.69. The Kier molecular flexibility index (Phi) is 5.97. The quantitative estimate of drug-likeness (QED) is 0.663. The van der Waals surface area contributed by atoms with Gasteiger partial charge in [-0.1, -0.05) is 31.2 Å². The summed E-state index contributed by atoms with van der Waals surface area (Å²) in [4.78, 5) is 24.9. The topological polar surface area (TPSA) is 55.4 Å². The number of ether oxygens (including phenoxy) is 1. The number of hydrogen-bond donors (Lipinski definition) is 1. The van der Waals surface area contributed by atoms with Crippen molar-refractivity contribution in [2.24, 2.45) is 11.8 Å². The Balaban J connectivity index is 2.07. The van der Waals surface area contributed by atoms with Crippen LogP contribution in [0.1, 0.15) is 38.7 Å². The predicted octanol–water partition coefficient (Wildman–Crippen LogP) is 3.86. The lowest BCUT2D eigenvalue weighted by Gasteiger charge is -2.27. The van der Waals surface area contributed by atoms with Gasteiger partial charge in [0.05, 0.1) is 17.9 Å². The molecule has 1 amide bonds. The Morgan fingerprint density at radius 3 is 2.61 bits per heavy atom. The Hall–Kier alpha value is -2.10. The van der Waals surface area contributed by atoms with Gasteiger partial charge in [-0.2, -0.15) is 0 Å². The minimum atomic E-state index is -0.404. The van der Waals surface area contributed by atoms with Gasteiger partial charge in [-0.15, -0.1) is 0 Å². The van der Waals surface area contributed by atoms with Gasteiger partial charge in [0.15, 0.2) is 0 Å². The molecule has 0 saturated heterocycles. The lowest BCUT2D eigenvalue weighted by atomic mass is 9.82. The van der Waals surface area contributed by atoms with Gasteiger partial charge in [0, 0.05) is 5.69 Å². The second-order valence-corrected chi connectivity index (χ2v) is 6.17. The van der Waals surface area contributed by atoms with E-state index >= 15 is 0 Å². The van der Waals surface area contributed by atoms with Crippen LogP contribution in [-0.4, -0.2) is 18.0 Å². The number of carbonyl (C=O) groups is 2. The Bertz CT molecular complexity index is 594. The average molecular weight is 315 g/mol. The van der Waals surface area contributed by atoms with E-state index < -0.39 is 5.92 Å². The van der Waals surface area contributed by atoms with Crippen LogP contribution < -0.4 is 5.32 Å². The molecule has 4 nitrogen and oxygen atoms in total. The number of allylic oxidation sites excluding steroid dienone is 2. The van der Waals surface area contributed by atoms with E-state index in [1.165, 1.54) is 0 Å². The maximum Gasteiger partial charge on any atom is 0.310 e. The summed E-state index contributed by atoms with van der Waals surface area (Å²) < 4.78 is 5.44. The molecule has 1 N–H and O–H groups in total. The lowest BCUT2D eigenvalue weighted by molar-refractivity contribution is -0.157. The highest BCUT2D eigenvalue weighted by atomic mass is 16.5. The Labute approximate surface area is 137 Å². The van der Waals surface area contributed by atoms with E-state index in [0.717, 1.165) is 17.7 Å². The van der Waals surface area contributed by atoms with Crippen molar-refractivity contribution in [2.75, 3.05) is 5.32 Å². The summed E-state index contributed by atoms with van der Waals surface area (Å²) in [6, 6.07) is 7.66. The lowest BCUT2D eigenvalue weighted by Crippen LogP contribution is -2.36. The number of rotatable bonds is 5. The molecule has 0 saturated carbocycles. The normalized spacial score (nSPS) is 21.5. The maximum absolute atomic E-state index is 12.6. The summed E-state index contributed by atoms with van der Waals surface area (Å²) in [6.45, 7) is 5.82. The van der Waals surface area contributed by atoms with Crippen LogP contribution in [0.3, 0.4) is 0 Å². The highest BCUT2D eigenvalue weighted by Crippen LogP contribution is 2.28. The van der Waals surface area contributed by atoms with Crippen molar-refractivity contribution in [1.82, 2.24) is 0 Å². The molecule has 0 fully saturated rings. The van der Waals surface area contributed by atoms with Gasteiger partial charge >= 0.3 is 5.97 Å². The van der Waals surface area contributed by atoms with Gasteiger partial charge < -0.3 is 10.1 Å². The number of nitrogens with one attached hydrogen (secondary N) is 1. The molecule has 1 aliphatic rings. The van der Waals surface area contributed by atoms with E-state index in [1.54, 1.807) is 0 Å². The molecule has 23 heavy (non-hydrogen) atoms. The summed E-state index contributed by atoms with van der Waals surface area (Å²) in [5.41, 5.74) is 1.85. The van der Waals surface area contributed by atoms with Gasteiger partial charge in [0.2, 0.25) is 5.91 Å². The van der Waals surface area contributed by atoms with Gasteiger partial charge in [-0.05, 0) is 50.8 Å². The standard InChI is InChI=1S/C19H25NO3/c1-4-14(3)23-19(22)17-11-6-5-10-16(17)18(21)20-15-9-7-8-13(2)12-15/h5-9,12,14,16-17H,4,10-11H2,1-3H3,(H,20,21)/t14-,16-,17+/m0/s1. The zero-order valence-electron chi connectivity index (χ0n) is 14.0. The number of hydrogen-bond acceptors (Lipinski definition) is 3. The van der Waals surface area contributed by atoms with Crippen molar-refractivity contribution in [3.8, 4) is 0 Å². The maximum atomic E-state index is 12.6. The fourth-order valence-electron chi connectivity index (χ4n) is 2.69. The summed E-state index contributed by atoms with van der Waals surface area (Å²) >= 11 is 0. The largest absolute Gasteiger partial charge is 0.462 e. The van der Waals surface area contributed by atoms with E-state index in [-0.39, 0.29) is 23.9 Å². The number of amides is 1. The third-order valence-electron chi connectivity index (χ3n) is 4.25. The van der Waals surface area contributed by atoms with Gasteiger partial charge in [-0.3, -0.25) is 9.59 Å². The van der Waals surface area contributed by atoms with E-state index in [4.69, 9.17) is 4.74 Å². The highest BCUT2D eigenvalue weighted by Gasteiger charge is 2.35. The van der Waals surface area contributed by atoms with E-state index in [9.17, 15) is 9.59 Å². The third kappa shape index (κ3) is 4.68. The second kappa shape index (κ2) is 7.95. The molecular formula is C19H25NO3. The molecule has 3 atom stereocenters. The van der Waals surface area contributed by atoms with Crippen LogP contribution >= 0.6 is 0 Å². The molecule has 0 heterocycles. The highest BCUT2D eigenvalue weighted by molar-refractivity contribution is 5.95. The molecule has 1 aliphatic carbocycles. The zero-order chi connectivity index (χ0) is 16.8. The van der Waals surface area contributed by atoms with Crippen LogP contribution in [0.2, 0.25) is 0 Å². The minimum Gasteiger partial charge on any atom is -0.462 e. The van der Waals surface area contributed by atoms with Crippen LogP contribution in [0.15, 0.2) is 36.4 Å². The molecule has 2 rings (SSSR count). The van der Waals surface area contributed by atoms with Gasteiger partial charge in [-0.25, -0.2) is 0 Å². The molecule has 0 bridgehead atoms. The molecule has 0 spiro atoms. The first-order valence-electron chi connectivity index (χ1n) is 8.24. The minimum absolute atomic E-state index is 0.117. The summed E-state index contributed by atoms with van der Waals surface area (Å²) in [5, 5.41) is 2.92. The van der Waals surface area contributed by atoms with Crippen molar-refractivity contribution in [1.29, 1.82) is 0 Å². The third-order valence-corrected chi connectivity index (χ3v) is 4.25. The number of aryl methyl sites for hydroxylation is 1. The van der Waals surface area contributed by atoms with Gasteiger partial charge in [0.25, 0.3) is 0 Å². The van der Waals surface area contributed by atoms with Crippen molar-refractivity contribution in [3.05, 3.63) is 42.0 Å². The molecule has 0 aromatic heterocycles. The van der Waals surface area contributed by atoms with Crippen molar-refractivity contribution in [2.45, 2.75) is 46.1 Å². The summed E-state index contributed by atoms with van der Waals surface area (Å²) in [7, 11) is 0. The predicted molar refractivity (Wildman–Crippen MR) is 91.0 cm³/mol. The number of anilines is 1. The van der Waals surface area contributed by atoms with Crippen LogP contribution in [0, 0.1) is 18.8 Å². The molecule has 0 unspecified atom stereocenters. The zero-order valence-corrected chi connectivity index (χ0v) is 14.0. The van der Waals surface area contributed by atoms with Crippen LogP contribution in [0.4, 0.5) is 5.69 Å². The number of carbonyl (C=O) groups excluding carboxylic acids is 2. The van der Waals surface area contributed by atoms with Crippen LogP contribution in [0.25, 0.3) is 0 Å². The molecule has 1 aromatic carbocycles. The smallest absolute Gasteiger partial charge is 0.310 e. The van der Waals surface area contributed by atoms with Crippen molar-refractivity contribution < 1.29 is 14.3 Å². The molecule has 124 valence electrons. The SMILES string of the molecule is CC[C@H](C)OC(=O)[C@@H]1CC=CC[C@@H]1C(=O)Nc1cccc(C)c1. The molecule has 4 heteroatoms. The Morgan fingerprint density at radius 2 is 1.96 bits per heavy atom. The fraction of sp³-hybridized carbons (Fsp3) is 0.474. The molecule has 0 radical (unpaired) electrons. The van der Waals surface area contributed by atoms with Crippen LogP contribution in [0.5, 0.6) is 0 Å². The first-order chi connectivity index (χ1) is 11.0. The molecule has 0 aliphatic heterocycles. The van der Waals surface area contributed by atoms with E-state index in [1.807, 2.05) is 57.2 Å². The monoisotopic (exact) mass is 315 g/mol. The van der Waals surface area contributed by atoms with Gasteiger partial charge in [0.1, 0.15) is 0 Å². The Morgan fingerprint density at radius 1 is 1.26 bits per heavy atom. The van der Waals surface area contributed by atoms with Crippen LogP contribution in [-0.2, 0) is 14.3 Å². The summed E-state index contributed by atoms with van der Waals surface area (Å²) in [6.07, 6.45) is 5.70. The molecule has 1 aromatic rings. The van der Waals surface area contributed by atoms with Crippen molar-refractivity contribution in [3.63, 3.8) is 0 Å². The number of esters is 1. The average Bonchev–Trinajstić information content (AvgIpc) is 2.54.